The summed E-state index contributed by atoms with van der Waals surface area (Å²) in [4.78, 5) is 0. The first-order chi connectivity index (χ1) is 7.36. The van der Waals surface area contributed by atoms with Gasteiger partial charge in [-0.2, -0.15) is 0 Å². The minimum atomic E-state index is -0.0728. The molecule has 2 heteroatoms. The Morgan fingerprint density at radius 1 is 0.933 bits per heavy atom. The lowest BCUT2D eigenvalue weighted by Gasteiger charge is -2.23. The van der Waals surface area contributed by atoms with Crippen molar-refractivity contribution in [3.8, 4) is 0 Å². The molecule has 0 saturated heterocycles. The van der Waals surface area contributed by atoms with Crippen LogP contribution in [-0.2, 0) is 0 Å². The Labute approximate surface area is 93.5 Å². The summed E-state index contributed by atoms with van der Waals surface area (Å²) in [7, 11) is 0. The van der Waals surface area contributed by atoms with E-state index >= 15 is 0 Å². The lowest BCUT2D eigenvalue weighted by atomic mass is 9.87. The molecule has 88 valence electrons. The summed E-state index contributed by atoms with van der Waals surface area (Å²) >= 11 is 0. The third-order valence-corrected chi connectivity index (χ3v) is 4.16. The summed E-state index contributed by atoms with van der Waals surface area (Å²) < 4.78 is 0. The van der Waals surface area contributed by atoms with Gasteiger partial charge < -0.3 is 10.4 Å². The third-order valence-electron chi connectivity index (χ3n) is 4.16. The van der Waals surface area contributed by atoms with Crippen molar-refractivity contribution in [3.63, 3.8) is 0 Å². The molecule has 0 heterocycles. The first-order valence-electron chi connectivity index (χ1n) is 6.78. The molecule has 15 heavy (non-hydrogen) atoms. The van der Waals surface area contributed by atoms with Crippen molar-refractivity contribution in [2.24, 2.45) is 5.92 Å². The van der Waals surface area contributed by atoms with E-state index in [9.17, 15) is 5.11 Å². The molecular weight excluding hydrogens is 186 g/mol. The molecule has 2 rings (SSSR count). The van der Waals surface area contributed by atoms with Crippen LogP contribution in [0.3, 0.4) is 0 Å². The highest BCUT2D eigenvalue weighted by Crippen LogP contribution is 2.26. The molecule has 0 aromatic heterocycles. The average Bonchev–Trinajstić information content (AvgIpc) is 2.66. The molecule has 0 spiro atoms. The SMILES string of the molecule is O[C@H]1CCC[C@@H]1NCCC1CCCCC1. The molecule has 2 N–H and O–H groups in total. The summed E-state index contributed by atoms with van der Waals surface area (Å²) in [6.45, 7) is 1.12. The Morgan fingerprint density at radius 3 is 2.40 bits per heavy atom. The van der Waals surface area contributed by atoms with Gasteiger partial charge in [0.15, 0.2) is 0 Å². The first kappa shape index (κ1) is 11.4. The molecule has 0 aliphatic heterocycles. The molecule has 2 aliphatic carbocycles. The molecule has 0 unspecified atom stereocenters. The van der Waals surface area contributed by atoms with Crippen LogP contribution < -0.4 is 5.32 Å². The van der Waals surface area contributed by atoms with Gasteiger partial charge in [-0.1, -0.05) is 32.1 Å². The number of aliphatic hydroxyl groups excluding tert-OH is 1. The third kappa shape index (κ3) is 3.46. The second-order valence-corrected chi connectivity index (χ2v) is 5.35. The van der Waals surface area contributed by atoms with Crippen LogP contribution in [-0.4, -0.2) is 23.8 Å². The topological polar surface area (TPSA) is 32.3 Å². The smallest absolute Gasteiger partial charge is 0.0693 e. The fourth-order valence-electron chi connectivity index (χ4n) is 3.13. The van der Waals surface area contributed by atoms with Crippen LogP contribution >= 0.6 is 0 Å². The van der Waals surface area contributed by atoms with Gasteiger partial charge in [0.25, 0.3) is 0 Å². The highest BCUT2D eigenvalue weighted by Gasteiger charge is 2.24. The van der Waals surface area contributed by atoms with E-state index < -0.39 is 0 Å². The van der Waals surface area contributed by atoms with Crippen LogP contribution in [0.1, 0.15) is 57.8 Å². The quantitative estimate of drug-likeness (QED) is 0.748. The largest absolute Gasteiger partial charge is 0.392 e. The van der Waals surface area contributed by atoms with Crippen molar-refractivity contribution in [1.29, 1.82) is 0 Å². The van der Waals surface area contributed by atoms with Gasteiger partial charge in [0.05, 0.1) is 6.10 Å². The predicted molar refractivity (Wildman–Crippen MR) is 62.8 cm³/mol. The minimum Gasteiger partial charge on any atom is -0.392 e. The lowest BCUT2D eigenvalue weighted by molar-refractivity contribution is 0.147. The van der Waals surface area contributed by atoms with E-state index in [1.165, 1.54) is 51.4 Å². The van der Waals surface area contributed by atoms with Gasteiger partial charge in [-0.05, 0) is 38.1 Å². The van der Waals surface area contributed by atoms with Gasteiger partial charge >= 0.3 is 0 Å². The first-order valence-corrected chi connectivity index (χ1v) is 6.78. The van der Waals surface area contributed by atoms with Crippen LogP contribution in [0.15, 0.2) is 0 Å². The van der Waals surface area contributed by atoms with Gasteiger partial charge in [0.1, 0.15) is 0 Å². The van der Waals surface area contributed by atoms with Crippen LogP contribution in [0, 0.1) is 5.92 Å². The summed E-state index contributed by atoms with van der Waals surface area (Å²) in [5.41, 5.74) is 0. The van der Waals surface area contributed by atoms with Gasteiger partial charge in [-0.3, -0.25) is 0 Å². The Hall–Kier alpha value is -0.0800. The van der Waals surface area contributed by atoms with E-state index in [1.54, 1.807) is 0 Å². The Morgan fingerprint density at radius 2 is 1.73 bits per heavy atom. The number of rotatable bonds is 4. The van der Waals surface area contributed by atoms with Gasteiger partial charge in [0.2, 0.25) is 0 Å². The lowest BCUT2D eigenvalue weighted by Crippen LogP contribution is -2.36. The van der Waals surface area contributed by atoms with Crippen molar-refractivity contribution in [1.82, 2.24) is 5.32 Å². The molecule has 2 nitrogen and oxygen atoms in total. The van der Waals surface area contributed by atoms with Gasteiger partial charge in [-0.25, -0.2) is 0 Å². The maximum absolute atomic E-state index is 9.66. The van der Waals surface area contributed by atoms with E-state index in [0.29, 0.717) is 6.04 Å². The van der Waals surface area contributed by atoms with Crippen molar-refractivity contribution >= 4 is 0 Å². The number of nitrogens with one attached hydrogen (secondary N) is 1. The number of hydrogen-bond donors (Lipinski definition) is 2. The molecule has 0 bridgehead atoms. The summed E-state index contributed by atoms with van der Waals surface area (Å²) in [5, 5.41) is 13.2. The van der Waals surface area contributed by atoms with E-state index in [-0.39, 0.29) is 6.10 Å². The number of hydrogen-bond acceptors (Lipinski definition) is 2. The maximum atomic E-state index is 9.66. The average molecular weight is 211 g/mol. The fourth-order valence-corrected chi connectivity index (χ4v) is 3.13. The van der Waals surface area contributed by atoms with Crippen LogP contribution in [0.5, 0.6) is 0 Å². The zero-order valence-electron chi connectivity index (χ0n) is 9.75. The van der Waals surface area contributed by atoms with Crippen molar-refractivity contribution in [2.75, 3.05) is 6.54 Å². The molecule has 2 aliphatic rings. The molecule has 0 amide bonds. The minimum absolute atomic E-state index is 0.0728. The molecule has 2 fully saturated rings. The van der Waals surface area contributed by atoms with Crippen LogP contribution in [0.25, 0.3) is 0 Å². The summed E-state index contributed by atoms with van der Waals surface area (Å²) in [5.74, 6) is 0.963. The van der Waals surface area contributed by atoms with Crippen LogP contribution in [0.4, 0.5) is 0 Å². The monoisotopic (exact) mass is 211 g/mol. The van der Waals surface area contributed by atoms with E-state index in [2.05, 4.69) is 5.32 Å². The van der Waals surface area contributed by atoms with Crippen molar-refractivity contribution in [2.45, 2.75) is 69.9 Å². The maximum Gasteiger partial charge on any atom is 0.0693 e. The zero-order valence-corrected chi connectivity index (χ0v) is 9.75. The highest BCUT2D eigenvalue weighted by atomic mass is 16.3. The molecule has 2 saturated carbocycles. The van der Waals surface area contributed by atoms with E-state index in [1.807, 2.05) is 0 Å². The molecule has 0 aromatic rings. The molecule has 0 radical (unpaired) electrons. The molecule has 2 atom stereocenters. The summed E-state index contributed by atoms with van der Waals surface area (Å²) in [6, 6.07) is 0.397. The Kier molecular flexibility index (Phi) is 4.45. The van der Waals surface area contributed by atoms with E-state index in [4.69, 9.17) is 0 Å². The zero-order chi connectivity index (χ0) is 10.5. The van der Waals surface area contributed by atoms with Crippen molar-refractivity contribution < 1.29 is 5.11 Å². The highest BCUT2D eigenvalue weighted by molar-refractivity contribution is 4.82. The fraction of sp³-hybridized carbons (Fsp3) is 1.00. The Balaban J connectivity index is 1.57. The van der Waals surface area contributed by atoms with Crippen LogP contribution in [0.2, 0.25) is 0 Å². The van der Waals surface area contributed by atoms with Gasteiger partial charge in [-0.15, -0.1) is 0 Å². The second kappa shape index (κ2) is 5.86. The predicted octanol–water partition coefficient (Wildman–Crippen LogP) is 2.46. The second-order valence-electron chi connectivity index (χ2n) is 5.35. The Bertz CT molecular complexity index is 177. The normalized spacial score (nSPS) is 33.4. The van der Waals surface area contributed by atoms with Gasteiger partial charge in [0, 0.05) is 6.04 Å². The number of aliphatic hydroxyl groups is 1. The molecule has 0 aromatic carbocycles. The van der Waals surface area contributed by atoms with E-state index in [0.717, 1.165) is 18.9 Å². The molecular formula is C13H25NO. The summed E-state index contributed by atoms with van der Waals surface area (Å²) in [6.07, 6.45) is 11.8. The van der Waals surface area contributed by atoms with Crippen molar-refractivity contribution in [3.05, 3.63) is 0 Å². The standard InChI is InChI=1S/C13H25NO/c15-13-8-4-7-12(13)14-10-9-11-5-2-1-3-6-11/h11-15H,1-10H2/t12-,13-/m0/s1.